The van der Waals surface area contributed by atoms with Gasteiger partial charge in [0.1, 0.15) is 5.82 Å². The molecule has 146 valence electrons. The molecule has 0 radical (unpaired) electrons. The van der Waals surface area contributed by atoms with Crippen LogP contribution in [0.4, 0.5) is 4.39 Å². The zero-order valence-electron chi connectivity index (χ0n) is 15.3. The molecule has 0 fully saturated rings. The van der Waals surface area contributed by atoms with E-state index in [0.717, 1.165) is 11.1 Å². The van der Waals surface area contributed by atoms with Gasteiger partial charge in [0.2, 0.25) is 10.0 Å². The molecule has 0 aromatic heterocycles. The first kappa shape index (κ1) is 20.0. The van der Waals surface area contributed by atoms with Crippen LogP contribution in [0, 0.1) is 5.82 Å². The minimum atomic E-state index is -3.72. The van der Waals surface area contributed by atoms with E-state index in [4.69, 9.17) is 0 Å². The summed E-state index contributed by atoms with van der Waals surface area (Å²) >= 11 is 0. The summed E-state index contributed by atoms with van der Waals surface area (Å²) in [7, 11) is -3.72. The Bertz CT molecular complexity index is 1010. The highest BCUT2D eigenvalue weighted by Crippen LogP contribution is 2.26. The molecule has 28 heavy (non-hydrogen) atoms. The summed E-state index contributed by atoms with van der Waals surface area (Å²) in [6.07, 6.45) is 3.93. The third-order valence-electron chi connectivity index (χ3n) is 4.53. The van der Waals surface area contributed by atoms with Crippen molar-refractivity contribution >= 4 is 21.5 Å². The predicted octanol–water partition coefficient (Wildman–Crippen LogP) is 3.22. The highest BCUT2D eigenvalue weighted by atomic mass is 32.2. The summed E-state index contributed by atoms with van der Waals surface area (Å²) < 4.78 is 40.4. The van der Waals surface area contributed by atoms with Crippen LogP contribution in [0.15, 0.2) is 72.2 Å². The number of sulfonamides is 1. The van der Waals surface area contributed by atoms with E-state index in [1.807, 2.05) is 6.08 Å². The average molecular weight is 400 g/mol. The monoisotopic (exact) mass is 400 g/mol. The number of carbonyl (C=O) groups excluding carboxylic acids is 1. The molecule has 1 amide bonds. The van der Waals surface area contributed by atoms with Gasteiger partial charge in [-0.15, -0.1) is 6.58 Å². The molecule has 1 aliphatic rings. The molecule has 7 heteroatoms. The molecular formula is C21H21FN2O3S. The van der Waals surface area contributed by atoms with E-state index in [2.05, 4.69) is 11.9 Å². The minimum Gasteiger partial charge on any atom is -0.349 e. The van der Waals surface area contributed by atoms with E-state index in [1.165, 1.54) is 28.6 Å². The van der Waals surface area contributed by atoms with Crippen LogP contribution < -0.4 is 5.32 Å². The number of benzene rings is 2. The zero-order chi connectivity index (χ0) is 20.1. The van der Waals surface area contributed by atoms with Crippen LogP contribution in [0.5, 0.6) is 0 Å². The molecule has 0 saturated carbocycles. The normalized spacial score (nSPS) is 15.0. The number of hydrogen-bond acceptors (Lipinski definition) is 3. The molecule has 1 aliphatic heterocycles. The average Bonchev–Trinajstić information content (AvgIpc) is 2.72. The van der Waals surface area contributed by atoms with E-state index in [1.54, 1.807) is 30.3 Å². The fraction of sp³-hybridized carbons (Fsp3) is 0.190. The van der Waals surface area contributed by atoms with Crippen molar-refractivity contribution in [3.63, 3.8) is 0 Å². The number of hydrogen-bond donors (Lipinski definition) is 1. The summed E-state index contributed by atoms with van der Waals surface area (Å²) in [6, 6.07) is 12.2. The van der Waals surface area contributed by atoms with E-state index in [0.29, 0.717) is 19.5 Å². The van der Waals surface area contributed by atoms with Crippen molar-refractivity contribution in [1.29, 1.82) is 0 Å². The molecule has 2 aromatic carbocycles. The highest BCUT2D eigenvalue weighted by Gasteiger charge is 2.27. The molecule has 5 nitrogen and oxygen atoms in total. The van der Waals surface area contributed by atoms with Crippen molar-refractivity contribution in [2.24, 2.45) is 0 Å². The first-order valence-electron chi connectivity index (χ1n) is 8.86. The molecule has 2 aromatic rings. The van der Waals surface area contributed by atoms with Crippen molar-refractivity contribution in [3.05, 3.63) is 84.2 Å². The van der Waals surface area contributed by atoms with Gasteiger partial charge in [-0.05, 0) is 47.9 Å². The minimum absolute atomic E-state index is 0.0809. The first-order valence-corrected chi connectivity index (χ1v) is 10.3. The van der Waals surface area contributed by atoms with Gasteiger partial charge < -0.3 is 5.32 Å². The fourth-order valence-corrected chi connectivity index (χ4v) is 4.44. The number of carbonyl (C=O) groups is 1. The Morgan fingerprint density at radius 3 is 2.61 bits per heavy atom. The van der Waals surface area contributed by atoms with E-state index >= 15 is 0 Å². The number of nitrogens with one attached hydrogen (secondary N) is 1. The first-order chi connectivity index (χ1) is 13.4. The second-order valence-electron chi connectivity index (χ2n) is 6.38. The van der Waals surface area contributed by atoms with Crippen molar-refractivity contribution in [2.75, 3.05) is 19.6 Å². The summed E-state index contributed by atoms with van der Waals surface area (Å²) in [5.74, 6) is -0.657. The van der Waals surface area contributed by atoms with Crippen molar-refractivity contribution < 1.29 is 17.6 Å². The van der Waals surface area contributed by atoms with Gasteiger partial charge in [0.05, 0.1) is 4.90 Å². The van der Waals surface area contributed by atoms with Gasteiger partial charge in [0.25, 0.3) is 5.91 Å². The lowest BCUT2D eigenvalue weighted by Crippen LogP contribution is -2.35. The Balaban J connectivity index is 1.78. The Morgan fingerprint density at radius 2 is 1.96 bits per heavy atom. The van der Waals surface area contributed by atoms with Gasteiger partial charge in [0.15, 0.2) is 0 Å². The van der Waals surface area contributed by atoms with E-state index < -0.39 is 10.0 Å². The van der Waals surface area contributed by atoms with Crippen LogP contribution in [0.2, 0.25) is 0 Å². The van der Waals surface area contributed by atoms with Crippen LogP contribution in [0.3, 0.4) is 0 Å². The van der Waals surface area contributed by atoms with Crippen LogP contribution in [-0.4, -0.2) is 38.3 Å². The van der Waals surface area contributed by atoms with Gasteiger partial charge in [-0.25, -0.2) is 12.8 Å². The molecule has 0 unspecified atom stereocenters. The van der Waals surface area contributed by atoms with Crippen LogP contribution in [0.25, 0.3) is 5.57 Å². The van der Waals surface area contributed by atoms with Crippen molar-refractivity contribution in [2.45, 2.75) is 11.3 Å². The maximum absolute atomic E-state index is 13.1. The third-order valence-corrected chi connectivity index (χ3v) is 6.39. The number of amides is 1. The summed E-state index contributed by atoms with van der Waals surface area (Å²) in [5, 5.41) is 2.63. The Morgan fingerprint density at radius 1 is 1.21 bits per heavy atom. The molecule has 3 rings (SSSR count). The lowest BCUT2D eigenvalue weighted by Gasteiger charge is -2.26. The molecule has 0 aliphatic carbocycles. The maximum atomic E-state index is 13.1. The summed E-state index contributed by atoms with van der Waals surface area (Å²) in [6.45, 7) is 4.38. The number of rotatable bonds is 6. The van der Waals surface area contributed by atoms with Crippen LogP contribution in [-0.2, 0) is 10.0 Å². The zero-order valence-corrected chi connectivity index (χ0v) is 16.1. The van der Waals surface area contributed by atoms with E-state index in [9.17, 15) is 17.6 Å². The predicted molar refractivity (Wildman–Crippen MR) is 107 cm³/mol. The lowest BCUT2D eigenvalue weighted by molar-refractivity contribution is 0.0958. The number of nitrogens with zero attached hydrogens (tertiary/aromatic N) is 1. The molecule has 0 atom stereocenters. The van der Waals surface area contributed by atoms with Gasteiger partial charge in [-0.2, -0.15) is 4.31 Å². The third kappa shape index (κ3) is 4.37. The topological polar surface area (TPSA) is 66.5 Å². The second-order valence-corrected chi connectivity index (χ2v) is 8.31. The van der Waals surface area contributed by atoms with E-state index in [-0.39, 0.29) is 28.7 Å². The number of halogens is 1. The Labute approximate surface area is 164 Å². The molecular weight excluding hydrogens is 379 g/mol. The quantitative estimate of drug-likeness (QED) is 0.757. The smallest absolute Gasteiger partial charge is 0.251 e. The van der Waals surface area contributed by atoms with Crippen molar-refractivity contribution in [1.82, 2.24) is 9.62 Å². The molecule has 0 bridgehead atoms. The largest absolute Gasteiger partial charge is 0.349 e. The van der Waals surface area contributed by atoms with Gasteiger partial charge >= 0.3 is 0 Å². The summed E-state index contributed by atoms with van der Waals surface area (Å²) in [4.78, 5) is 12.2. The summed E-state index contributed by atoms with van der Waals surface area (Å²) in [5.41, 5.74) is 2.16. The molecule has 0 saturated heterocycles. The highest BCUT2D eigenvalue weighted by molar-refractivity contribution is 7.89. The van der Waals surface area contributed by atoms with Crippen LogP contribution in [0.1, 0.15) is 22.3 Å². The van der Waals surface area contributed by atoms with Gasteiger partial charge in [-0.1, -0.05) is 30.4 Å². The standard InChI is InChI=1S/C21H21FN2O3S/c1-2-12-23-21(25)18-4-3-5-20(15-18)28(26,27)24-13-10-17(11-14-24)16-6-8-19(22)9-7-16/h2-10,15H,1,11-14H2,(H,23,25). The van der Waals surface area contributed by atoms with Gasteiger partial charge in [0, 0.05) is 25.2 Å². The lowest BCUT2D eigenvalue weighted by atomic mass is 10.0. The van der Waals surface area contributed by atoms with Crippen molar-refractivity contribution in [3.8, 4) is 0 Å². The molecule has 0 spiro atoms. The Kier molecular flexibility index (Phi) is 6.06. The second kappa shape index (κ2) is 8.50. The fourth-order valence-electron chi connectivity index (χ4n) is 3.01. The maximum Gasteiger partial charge on any atom is 0.251 e. The molecule has 1 N–H and O–H groups in total. The van der Waals surface area contributed by atoms with Crippen LogP contribution >= 0.6 is 0 Å². The SMILES string of the molecule is C=CCNC(=O)c1cccc(S(=O)(=O)N2CC=C(c3ccc(F)cc3)CC2)c1. The van der Waals surface area contributed by atoms with Gasteiger partial charge in [-0.3, -0.25) is 4.79 Å². The molecule has 1 heterocycles. The Hall–Kier alpha value is -2.77.